The molecule has 0 saturated carbocycles. The lowest BCUT2D eigenvalue weighted by molar-refractivity contribution is 0.407. The van der Waals surface area contributed by atoms with Gasteiger partial charge in [-0.2, -0.15) is 0 Å². The molecule has 30 heavy (non-hydrogen) atoms. The average Bonchev–Trinajstić information content (AvgIpc) is 3.16. The molecule has 2 heterocycles. The number of benzene rings is 1. The second kappa shape index (κ2) is 10.6. The third kappa shape index (κ3) is 6.18. The van der Waals surface area contributed by atoms with Crippen molar-refractivity contribution in [1.82, 2.24) is 20.2 Å². The van der Waals surface area contributed by atoms with Crippen molar-refractivity contribution in [3.05, 3.63) is 64.2 Å². The molecule has 1 aromatic carbocycles. The smallest absolute Gasteiger partial charge is 0.219 e. The van der Waals surface area contributed by atoms with E-state index in [1.165, 1.54) is 0 Å². The Morgan fingerprint density at radius 2 is 2.07 bits per heavy atom. The molecule has 0 aliphatic heterocycles. The summed E-state index contributed by atoms with van der Waals surface area (Å²) in [6.07, 6.45) is 1.78. The van der Waals surface area contributed by atoms with Crippen LogP contribution in [-0.2, 0) is 13.1 Å². The van der Waals surface area contributed by atoms with Gasteiger partial charge in [-0.15, -0.1) is 11.3 Å². The predicted molar refractivity (Wildman–Crippen MR) is 120 cm³/mol. The fourth-order valence-electron chi connectivity index (χ4n) is 2.78. The summed E-state index contributed by atoms with van der Waals surface area (Å²) < 4.78 is 11.0. The molecule has 2 aromatic heterocycles. The normalized spacial score (nSPS) is 11.3. The van der Waals surface area contributed by atoms with Crippen molar-refractivity contribution in [3.8, 4) is 17.4 Å². The van der Waals surface area contributed by atoms with E-state index in [4.69, 9.17) is 14.5 Å². The summed E-state index contributed by atoms with van der Waals surface area (Å²) in [4.78, 5) is 15.7. The van der Waals surface area contributed by atoms with E-state index >= 15 is 0 Å². The lowest BCUT2D eigenvalue weighted by Gasteiger charge is -2.21. The molecule has 8 heteroatoms. The van der Waals surface area contributed by atoms with Gasteiger partial charge >= 0.3 is 0 Å². The van der Waals surface area contributed by atoms with Gasteiger partial charge in [-0.05, 0) is 31.5 Å². The molecule has 0 bridgehead atoms. The summed E-state index contributed by atoms with van der Waals surface area (Å²) in [5.41, 5.74) is 2.05. The van der Waals surface area contributed by atoms with Crippen LogP contribution < -0.4 is 14.8 Å². The molecule has 0 amide bonds. The van der Waals surface area contributed by atoms with Crippen molar-refractivity contribution in [1.29, 1.82) is 0 Å². The third-order valence-electron chi connectivity index (χ3n) is 4.23. The Hall–Kier alpha value is -3.13. The number of nitrogens with one attached hydrogen (secondary N) is 1. The highest BCUT2D eigenvalue weighted by Crippen LogP contribution is 2.23. The van der Waals surface area contributed by atoms with E-state index in [9.17, 15) is 0 Å². The number of thiazole rings is 1. The zero-order valence-corrected chi connectivity index (χ0v) is 18.6. The van der Waals surface area contributed by atoms with Crippen molar-refractivity contribution in [3.63, 3.8) is 0 Å². The van der Waals surface area contributed by atoms with Crippen LogP contribution in [0.4, 0.5) is 0 Å². The van der Waals surface area contributed by atoms with Crippen molar-refractivity contribution in [2.45, 2.75) is 26.9 Å². The summed E-state index contributed by atoms with van der Waals surface area (Å²) in [5.74, 6) is 2.78. The Kier molecular flexibility index (Phi) is 7.62. The number of rotatable bonds is 8. The van der Waals surface area contributed by atoms with Crippen molar-refractivity contribution in [2.24, 2.45) is 4.99 Å². The molecular formula is C22H27N5O2S. The van der Waals surface area contributed by atoms with Gasteiger partial charge in [0.05, 0.1) is 30.9 Å². The van der Waals surface area contributed by atoms with Crippen LogP contribution in [0.3, 0.4) is 0 Å². The van der Waals surface area contributed by atoms with Gasteiger partial charge in [0.1, 0.15) is 11.5 Å². The second-order valence-corrected chi connectivity index (χ2v) is 7.73. The Morgan fingerprint density at radius 3 is 2.73 bits per heavy atom. The van der Waals surface area contributed by atoms with Crippen LogP contribution in [0.5, 0.6) is 17.4 Å². The molecule has 158 valence electrons. The molecule has 7 nitrogen and oxygen atoms in total. The number of aliphatic imine (C=N–C) groups is 1. The van der Waals surface area contributed by atoms with E-state index in [0.29, 0.717) is 24.7 Å². The highest BCUT2D eigenvalue weighted by Gasteiger charge is 2.09. The standard InChI is InChI=1S/C22H27N5O2S/c1-5-23-22(27(3)14-18-15-30-16(2)26-18)25-13-17-9-10-21(24-12-17)29-20-8-6-7-19(11-20)28-4/h6-12,15H,5,13-14H2,1-4H3,(H,23,25). The number of hydrogen-bond acceptors (Lipinski definition) is 6. The molecule has 0 spiro atoms. The Bertz CT molecular complexity index is 972. The number of pyridine rings is 1. The Labute approximate surface area is 181 Å². The summed E-state index contributed by atoms with van der Waals surface area (Å²) in [7, 11) is 3.64. The fourth-order valence-corrected chi connectivity index (χ4v) is 3.39. The molecule has 3 aromatic rings. The predicted octanol–water partition coefficient (Wildman–Crippen LogP) is 4.24. The molecule has 0 aliphatic carbocycles. The molecule has 3 rings (SSSR count). The van der Waals surface area contributed by atoms with Crippen molar-refractivity contribution >= 4 is 17.3 Å². The van der Waals surface area contributed by atoms with E-state index in [2.05, 4.69) is 32.5 Å². The van der Waals surface area contributed by atoms with Gasteiger partial charge in [0.15, 0.2) is 5.96 Å². The average molecular weight is 426 g/mol. The molecular weight excluding hydrogens is 398 g/mol. The van der Waals surface area contributed by atoms with Crippen LogP contribution in [0.25, 0.3) is 0 Å². The number of nitrogens with zero attached hydrogens (tertiary/aromatic N) is 4. The monoisotopic (exact) mass is 425 g/mol. The minimum Gasteiger partial charge on any atom is -0.497 e. The zero-order valence-electron chi connectivity index (χ0n) is 17.8. The summed E-state index contributed by atoms with van der Waals surface area (Å²) in [6.45, 7) is 6.10. The first kappa shape index (κ1) is 21.6. The first-order valence-electron chi connectivity index (χ1n) is 9.74. The number of ether oxygens (including phenoxy) is 2. The maximum atomic E-state index is 5.79. The van der Waals surface area contributed by atoms with Crippen LogP contribution in [0, 0.1) is 6.92 Å². The zero-order chi connectivity index (χ0) is 21.3. The first-order valence-corrected chi connectivity index (χ1v) is 10.6. The van der Waals surface area contributed by atoms with E-state index in [0.717, 1.165) is 34.5 Å². The van der Waals surface area contributed by atoms with Gasteiger partial charge in [-0.25, -0.2) is 15.0 Å². The second-order valence-electron chi connectivity index (χ2n) is 6.67. The van der Waals surface area contributed by atoms with Gasteiger partial charge in [0.2, 0.25) is 5.88 Å². The van der Waals surface area contributed by atoms with Crippen LogP contribution in [-0.4, -0.2) is 41.5 Å². The van der Waals surface area contributed by atoms with Gasteiger partial charge in [0.25, 0.3) is 0 Å². The quantitative estimate of drug-likeness (QED) is 0.430. The molecule has 0 aliphatic rings. The summed E-state index contributed by atoms with van der Waals surface area (Å²) in [6, 6.07) is 11.3. The maximum absolute atomic E-state index is 5.79. The van der Waals surface area contributed by atoms with E-state index in [1.54, 1.807) is 24.6 Å². The maximum Gasteiger partial charge on any atom is 0.219 e. The van der Waals surface area contributed by atoms with Gasteiger partial charge < -0.3 is 19.7 Å². The Balaban J connectivity index is 1.62. The van der Waals surface area contributed by atoms with Crippen LogP contribution in [0.2, 0.25) is 0 Å². The van der Waals surface area contributed by atoms with Gasteiger partial charge in [0, 0.05) is 37.3 Å². The first-order chi connectivity index (χ1) is 14.6. The number of hydrogen-bond donors (Lipinski definition) is 1. The number of aryl methyl sites for hydroxylation is 1. The van der Waals surface area contributed by atoms with E-state index in [-0.39, 0.29) is 0 Å². The van der Waals surface area contributed by atoms with Crippen LogP contribution >= 0.6 is 11.3 Å². The minimum atomic E-state index is 0.523. The van der Waals surface area contributed by atoms with Gasteiger partial charge in [-0.1, -0.05) is 12.1 Å². The lowest BCUT2D eigenvalue weighted by Crippen LogP contribution is -2.38. The van der Waals surface area contributed by atoms with E-state index < -0.39 is 0 Å². The fraction of sp³-hybridized carbons (Fsp3) is 0.318. The minimum absolute atomic E-state index is 0.523. The molecule has 0 atom stereocenters. The van der Waals surface area contributed by atoms with E-state index in [1.807, 2.05) is 50.4 Å². The van der Waals surface area contributed by atoms with Crippen molar-refractivity contribution < 1.29 is 9.47 Å². The summed E-state index contributed by atoms with van der Waals surface area (Å²) >= 11 is 1.66. The van der Waals surface area contributed by atoms with Crippen molar-refractivity contribution in [2.75, 3.05) is 20.7 Å². The van der Waals surface area contributed by atoms with Crippen LogP contribution in [0.1, 0.15) is 23.2 Å². The molecule has 0 fully saturated rings. The Morgan fingerprint density at radius 1 is 1.23 bits per heavy atom. The highest BCUT2D eigenvalue weighted by atomic mass is 32.1. The third-order valence-corrected chi connectivity index (χ3v) is 5.06. The largest absolute Gasteiger partial charge is 0.497 e. The summed E-state index contributed by atoms with van der Waals surface area (Å²) in [5, 5.41) is 6.48. The molecule has 0 radical (unpaired) electrons. The topological polar surface area (TPSA) is 71.9 Å². The number of guanidine groups is 1. The highest BCUT2D eigenvalue weighted by molar-refractivity contribution is 7.09. The number of aromatic nitrogens is 2. The number of methoxy groups -OCH3 is 1. The molecule has 1 N–H and O–H groups in total. The molecule has 0 unspecified atom stereocenters. The SMILES string of the molecule is CCNC(=NCc1ccc(Oc2cccc(OC)c2)nc1)N(C)Cc1csc(C)n1. The lowest BCUT2D eigenvalue weighted by atomic mass is 10.3. The molecule has 0 saturated heterocycles. The van der Waals surface area contributed by atoms with Crippen LogP contribution in [0.15, 0.2) is 53.0 Å². The van der Waals surface area contributed by atoms with Gasteiger partial charge in [-0.3, -0.25) is 0 Å².